The minimum Gasteiger partial charge on any atom is -0.349 e. The van der Waals surface area contributed by atoms with E-state index in [1.54, 1.807) is 11.2 Å². The Morgan fingerprint density at radius 1 is 1.47 bits per heavy atom. The highest BCUT2D eigenvalue weighted by Crippen LogP contribution is 2.13. The Bertz CT molecular complexity index is 509. The van der Waals surface area contributed by atoms with Crippen LogP contribution in [0.1, 0.15) is 12.5 Å². The van der Waals surface area contributed by atoms with Gasteiger partial charge in [-0.05, 0) is 24.1 Å². The summed E-state index contributed by atoms with van der Waals surface area (Å²) in [6.07, 6.45) is 2.54. The zero-order chi connectivity index (χ0) is 13.7. The molecule has 1 aromatic carbocycles. The molecule has 0 unspecified atom stereocenters. The predicted octanol–water partition coefficient (Wildman–Crippen LogP) is 1.36. The number of hydrogen-bond donors (Lipinski definition) is 1. The summed E-state index contributed by atoms with van der Waals surface area (Å²) >= 11 is 0. The quantitative estimate of drug-likeness (QED) is 0.384. The molecule has 7 nitrogen and oxygen atoms in total. The summed E-state index contributed by atoms with van der Waals surface area (Å²) in [5.41, 5.74) is 2.06. The van der Waals surface area contributed by atoms with Crippen LogP contribution in [0.15, 0.2) is 34.4 Å². The number of nitrogens with one attached hydrogen (secondary N) is 1. The van der Waals surface area contributed by atoms with Gasteiger partial charge in [0.15, 0.2) is 5.03 Å². The number of hydrogen-bond acceptors (Lipinski definition) is 3. The lowest BCUT2D eigenvalue weighted by Crippen LogP contribution is -2.29. The van der Waals surface area contributed by atoms with Gasteiger partial charge < -0.3 is 5.32 Å². The van der Waals surface area contributed by atoms with Gasteiger partial charge in [-0.2, -0.15) is 0 Å². The van der Waals surface area contributed by atoms with Crippen molar-refractivity contribution in [3.05, 3.63) is 39.9 Å². The van der Waals surface area contributed by atoms with E-state index in [1.165, 1.54) is 5.56 Å². The fraction of sp³-hybridized carbons (Fsp3) is 0.333. The van der Waals surface area contributed by atoms with Crippen molar-refractivity contribution in [1.29, 1.82) is 0 Å². The minimum absolute atomic E-state index is 0.221. The van der Waals surface area contributed by atoms with E-state index in [0.29, 0.717) is 13.1 Å². The fourth-order valence-corrected chi connectivity index (χ4v) is 1.73. The van der Waals surface area contributed by atoms with Gasteiger partial charge in [0.2, 0.25) is 0 Å². The molecule has 1 aliphatic heterocycles. The van der Waals surface area contributed by atoms with Gasteiger partial charge in [-0.25, -0.2) is 15.1 Å². The monoisotopic (exact) mass is 261 g/mol. The lowest BCUT2D eigenvalue weighted by molar-refractivity contribution is -0.485. The number of guanidine groups is 1. The molecular formula is C12H15N5O2. The van der Waals surface area contributed by atoms with Crippen LogP contribution in [0.2, 0.25) is 0 Å². The average Bonchev–Trinajstić information content (AvgIpc) is 2.83. The van der Waals surface area contributed by atoms with Crippen LogP contribution in [-0.4, -0.2) is 35.3 Å². The maximum atomic E-state index is 10.4. The number of aryl methyl sites for hydroxylation is 1. The first kappa shape index (κ1) is 13.0. The highest BCUT2D eigenvalue weighted by Gasteiger charge is 2.19. The second-order valence-electron chi connectivity index (χ2n) is 4.05. The number of hydrazone groups is 1. The SMILES string of the molecule is CCc1ccc(/N=C/N2CCN/C2=N\[N+](=O)[O-])cc1. The van der Waals surface area contributed by atoms with E-state index in [1.807, 2.05) is 24.3 Å². The number of aliphatic imine (C=N–C) groups is 1. The van der Waals surface area contributed by atoms with E-state index < -0.39 is 5.03 Å². The Balaban J connectivity index is 2.06. The second-order valence-corrected chi connectivity index (χ2v) is 4.05. The van der Waals surface area contributed by atoms with Crippen molar-refractivity contribution >= 4 is 18.0 Å². The summed E-state index contributed by atoms with van der Waals surface area (Å²) in [5, 5.41) is 15.7. The van der Waals surface area contributed by atoms with Gasteiger partial charge in [0.05, 0.1) is 12.0 Å². The summed E-state index contributed by atoms with van der Waals surface area (Å²) in [7, 11) is 0. The summed E-state index contributed by atoms with van der Waals surface area (Å²) in [4.78, 5) is 16.3. The summed E-state index contributed by atoms with van der Waals surface area (Å²) in [6, 6.07) is 7.87. The maximum absolute atomic E-state index is 10.4. The molecule has 2 rings (SSSR count). The van der Waals surface area contributed by atoms with Crippen molar-refractivity contribution in [2.24, 2.45) is 10.1 Å². The molecule has 0 atom stereocenters. The molecule has 19 heavy (non-hydrogen) atoms. The summed E-state index contributed by atoms with van der Waals surface area (Å²) in [5.74, 6) is 0.221. The molecule has 100 valence electrons. The van der Waals surface area contributed by atoms with Crippen LogP contribution in [0.3, 0.4) is 0 Å². The standard InChI is InChI=1S/C12H15N5O2/c1-2-10-3-5-11(6-4-10)14-9-16-8-7-13-12(16)15-17(18)19/h3-6,9H,2,7-8H2,1H3,(H,13,15)/b14-9+. The van der Waals surface area contributed by atoms with Gasteiger partial charge in [-0.15, -0.1) is 0 Å². The number of rotatable bonds is 4. The first-order valence-corrected chi connectivity index (χ1v) is 6.05. The van der Waals surface area contributed by atoms with Crippen LogP contribution in [0, 0.1) is 10.1 Å². The number of benzene rings is 1. The molecule has 0 saturated carbocycles. The average molecular weight is 261 g/mol. The molecule has 1 saturated heterocycles. The van der Waals surface area contributed by atoms with Crippen molar-refractivity contribution in [3.63, 3.8) is 0 Å². The number of nitro groups is 1. The van der Waals surface area contributed by atoms with Crippen molar-refractivity contribution in [3.8, 4) is 0 Å². The molecule has 1 aliphatic rings. The molecule has 0 bridgehead atoms. The molecule has 0 aliphatic carbocycles. The van der Waals surface area contributed by atoms with E-state index in [4.69, 9.17) is 0 Å². The van der Waals surface area contributed by atoms with Crippen molar-refractivity contribution in [1.82, 2.24) is 10.2 Å². The van der Waals surface area contributed by atoms with Gasteiger partial charge >= 0.3 is 0 Å². The second kappa shape index (κ2) is 5.94. The van der Waals surface area contributed by atoms with E-state index in [-0.39, 0.29) is 5.96 Å². The van der Waals surface area contributed by atoms with Gasteiger partial charge in [0, 0.05) is 13.1 Å². The Morgan fingerprint density at radius 2 is 2.21 bits per heavy atom. The molecule has 7 heteroatoms. The van der Waals surface area contributed by atoms with Gasteiger partial charge in [0.25, 0.3) is 5.96 Å². The molecular weight excluding hydrogens is 246 g/mol. The first-order valence-electron chi connectivity index (χ1n) is 6.05. The molecule has 0 spiro atoms. The number of nitrogens with zero attached hydrogens (tertiary/aromatic N) is 4. The normalized spacial score (nSPS) is 17.1. The van der Waals surface area contributed by atoms with Crippen molar-refractivity contribution in [2.45, 2.75) is 13.3 Å². The Morgan fingerprint density at radius 3 is 2.84 bits per heavy atom. The third-order valence-corrected chi connectivity index (χ3v) is 2.78. The topological polar surface area (TPSA) is 83.1 Å². The van der Waals surface area contributed by atoms with Crippen LogP contribution >= 0.6 is 0 Å². The van der Waals surface area contributed by atoms with E-state index >= 15 is 0 Å². The highest BCUT2D eigenvalue weighted by molar-refractivity contribution is 5.92. The van der Waals surface area contributed by atoms with E-state index in [2.05, 4.69) is 22.3 Å². The largest absolute Gasteiger partial charge is 0.349 e. The first-order chi connectivity index (χ1) is 9.19. The Kier molecular flexibility index (Phi) is 4.07. The predicted molar refractivity (Wildman–Crippen MR) is 73.1 cm³/mol. The van der Waals surface area contributed by atoms with Crippen LogP contribution in [0.4, 0.5) is 5.69 Å². The lowest BCUT2D eigenvalue weighted by Gasteiger charge is -2.07. The van der Waals surface area contributed by atoms with Gasteiger partial charge in [-0.1, -0.05) is 19.1 Å². The van der Waals surface area contributed by atoms with Gasteiger partial charge in [-0.3, -0.25) is 4.90 Å². The smallest absolute Gasteiger partial charge is 0.276 e. The Hall–Kier alpha value is -2.44. The van der Waals surface area contributed by atoms with Crippen molar-refractivity contribution < 1.29 is 5.03 Å². The van der Waals surface area contributed by atoms with Crippen LogP contribution in [-0.2, 0) is 6.42 Å². The zero-order valence-electron chi connectivity index (χ0n) is 10.6. The highest BCUT2D eigenvalue weighted by atomic mass is 16.7. The Labute approximate surface area is 110 Å². The molecule has 1 aromatic rings. The lowest BCUT2D eigenvalue weighted by atomic mass is 10.2. The third-order valence-electron chi connectivity index (χ3n) is 2.78. The fourth-order valence-electron chi connectivity index (χ4n) is 1.73. The summed E-state index contributed by atoms with van der Waals surface area (Å²) < 4.78 is 0. The van der Waals surface area contributed by atoms with Crippen molar-refractivity contribution in [2.75, 3.05) is 13.1 Å². The van der Waals surface area contributed by atoms with Crippen LogP contribution < -0.4 is 5.32 Å². The van der Waals surface area contributed by atoms with Crippen LogP contribution in [0.5, 0.6) is 0 Å². The zero-order valence-corrected chi connectivity index (χ0v) is 10.6. The molecule has 0 radical (unpaired) electrons. The maximum Gasteiger partial charge on any atom is 0.276 e. The molecule has 0 aromatic heterocycles. The third kappa shape index (κ3) is 3.51. The molecule has 1 N–H and O–H groups in total. The van der Waals surface area contributed by atoms with Gasteiger partial charge in [0.1, 0.15) is 5.10 Å². The van der Waals surface area contributed by atoms with E-state index in [0.717, 1.165) is 12.1 Å². The molecule has 0 amide bonds. The van der Waals surface area contributed by atoms with E-state index in [9.17, 15) is 10.1 Å². The minimum atomic E-state index is -0.718. The molecule has 1 fully saturated rings. The van der Waals surface area contributed by atoms with Crippen LogP contribution in [0.25, 0.3) is 0 Å². The summed E-state index contributed by atoms with van der Waals surface area (Å²) in [6.45, 7) is 3.32. The molecule has 1 heterocycles.